The number of carbonyl (C=O) groups excluding carboxylic acids is 1. The Morgan fingerprint density at radius 1 is 1.37 bits per heavy atom. The SMILES string of the molecule is NC(=O)NC1NCCO1.O=C(O)c1ccc(O)cc1. The van der Waals surface area contributed by atoms with E-state index in [0.29, 0.717) is 6.61 Å². The normalized spacial score (nSPS) is 17.2. The number of urea groups is 1. The van der Waals surface area contributed by atoms with Crippen LogP contribution in [0.2, 0.25) is 0 Å². The van der Waals surface area contributed by atoms with Gasteiger partial charge in [-0.25, -0.2) is 9.59 Å². The Morgan fingerprint density at radius 3 is 2.42 bits per heavy atom. The molecule has 2 amide bonds. The third-order valence-corrected chi connectivity index (χ3v) is 2.10. The molecule has 0 bridgehead atoms. The summed E-state index contributed by atoms with van der Waals surface area (Å²) in [5, 5.41) is 22.3. The van der Waals surface area contributed by atoms with Gasteiger partial charge in [-0.15, -0.1) is 0 Å². The van der Waals surface area contributed by atoms with Crippen molar-refractivity contribution in [2.45, 2.75) is 6.35 Å². The van der Waals surface area contributed by atoms with Gasteiger partial charge in [0.2, 0.25) is 0 Å². The van der Waals surface area contributed by atoms with Gasteiger partial charge in [-0.1, -0.05) is 0 Å². The lowest BCUT2D eigenvalue weighted by atomic mass is 10.2. The van der Waals surface area contributed by atoms with Gasteiger partial charge in [-0.05, 0) is 24.3 Å². The number of nitrogens with one attached hydrogen (secondary N) is 2. The molecule has 2 rings (SSSR count). The fourth-order valence-corrected chi connectivity index (χ4v) is 1.25. The Kier molecular flexibility index (Phi) is 5.58. The van der Waals surface area contributed by atoms with Crippen LogP contribution in [0.15, 0.2) is 24.3 Å². The first-order valence-electron chi connectivity index (χ1n) is 5.42. The van der Waals surface area contributed by atoms with Crippen molar-refractivity contribution in [1.82, 2.24) is 10.6 Å². The number of primary amides is 1. The average molecular weight is 269 g/mol. The van der Waals surface area contributed by atoms with Crippen LogP contribution in [0.3, 0.4) is 0 Å². The average Bonchev–Trinajstić information content (AvgIpc) is 2.82. The zero-order chi connectivity index (χ0) is 14.3. The van der Waals surface area contributed by atoms with Crippen LogP contribution >= 0.6 is 0 Å². The number of nitrogens with two attached hydrogens (primary N) is 1. The van der Waals surface area contributed by atoms with Crippen molar-refractivity contribution in [2.75, 3.05) is 13.2 Å². The van der Waals surface area contributed by atoms with Crippen LogP contribution in [0, 0.1) is 0 Å². The number of aromatic hydroxyl groups is 1. The van der Waals surface area contributed by atoms with Gasteiger partial charge in [0.15, 0.2) is 6.35 Å². The molecule has 1 aromatic rings. The quantitative estimate of drug-likeness (QED) is 0.498. The molecule has 1 unspecified atom stereocenters. The van der Waals surface area contributed by atoms with Crippen LogP contribution in [0.4, 0.5) is 4.79 Å². The predicted octanol–water partition coefficient (Wildman–Crippen LogP) is -0.351. The lowest BCUT2D eigenvalue weighted by Gasteiger charge is -2.08. The number of benzene rings is 1. The minimum Gasteiger partial charge on any atom is -0.508 e. The highest BCUT2D eigenvalue weighted by molar-refractivity contribution is 5.87. The van der Waals surface area contributed by atoms with Crippen LogP contribution in [0.25, 0.3) is 0 Å². The Hall–Kier alpha value is -2.32. The minimum absolute atomic E-state index is 0.0741. The molecule has 1 heterocycles. The molecule has 0 spiro atoms. The van der Waals surface area contributed by atoms with E-state index >= 15 is 0 Å². The van der Waals surface area contributed by atoms with Crippen molar-refractivity contribution >= 4 is 12.0 Å². The molecule has 104 valence electrons. The fraction of sp³-hybridized carbons (Fsp3) is 0.273. The van der Waals surface area contributed by atoms with Gasteiger partial charge in [0.05, 0.1) is 12.2 Å². The van der Waals surface area contributed by atoms with Crippen molar-refractivity contribution in [2.24, 2.45) is 5.73 Å². The third-order valence-electron chi connectivity index (χ3n) is 2.10. The number of phenols is 1. The van der Waals surface area contributed by atoms with Crippen LogP contribution in [-0.2, 0) is 4.74 Å². The number of amides is 2. The summed E-state index contributed by atoms with van der Waals surface area (Å²) in [6, 6.07) is 4.79. The summed E-state index contributed by atoms with van der Waals surface area (Å²) in [4.78, 5) is 20.4. The first kappa shape index (κ1) is 14.7. The predicted molar refractivity (Wildman–Crippen MR) is 65.5 cm³/mol. The van der Waals surface area contributed by atoms with E-state index in [4.69, 9.17) is 20.7 Å². The molecule has 0 aromatic heterocycles. The molecular formula is C11H15N3O5. The molecule has 19 heavy (non-hydrogen) atoms. The number of ether oxygens (including phenoxy) is 1. The molecule has 1 aliphatic heterocycles. The molecule has 8 heteroatoms. The number of hydrogen-bond acceptors (Lipinski definition) is 5. The van der Waals surface area contributed by atoms with Gasteiger partial charge in [-0.2, -0.15) is 0 Å². The van der Waals surface area contributed by atoms with E-state index in [1.165, 1.54) is 24.3 Å². The topological polar surface area (TPSA) is 134 Å². The first-order chi connectivity index (χ1) is 8.99. The molecule has 1 saturated heterocycles. The van der Waals surface area contributed by atoms with E-state index in [9.17, 15) is 9.59 Å². The molecular weight excluding hydrogens is 254 g/mol. The highest BCUT2D eigenvalue weighted by Gasteiger charge is 2.14. The highest BCUT2D eigenvalue weighted by atomic mass is 16.5. The second-order valence-electron chi connectivity index (χ2n) is 3.57. The number of aromatic carboxylic acids is 1. The Bertz CT molecular complexity index is 428. The number of hydrogen-bond donors (Lipinski definition) is 5. The van der Waals surface area contributed by atoms with Crippen molar-refractivity contribution in [3.05, 3.63) is 29.8 Å². The monoisotopic (exact) mass is 269 g/mol. The summed E-state index contributed by atoms with van der Waals surface area (Å²) < 4.78 is 4.94. The number of carboxylic acid groups (broad SMARTS) is 1. The highest BCUT2D eigenvalue weighted by Crippen LogP contribution is 2.08. The number of carbonyl (C=O) groups is 2. The van der Waals surface area contributed by atoms with E-state index in [1.807, 2.05) is 0 Å². The number of carboxylic acids is 1. The van der Waals surface area contributed by atoms with Crippen molar-refractivity contribution in [1.29, 1.82) is 0 Å². The number of rotatable bonds is 2. The standard InChI is InChI=1S/C7H6O3.C4H9N3O2/c8-6-3-1-5(2-4-6)7(9)10;5-3(8)7-4-6-1-2-9-4/h1-4,8H,(H,9,10);4,6H,1-2H2,(H3,5,7,8). The zero-order valence-electron chi connectivity index (χ0n) is 10.00. The van der Waals surface area contributed by atoms with Gasteiger partial charge in [-0.3, -0.25) is 10.6 Å². The van der Waals surface area contributed by atoms with E-state index in [-0.39, 0.29) is 17.7 Å². The van der Waals surface area contributed by atoms with Gasteiger partial charge in [0.25, 0.3) is 0 Å². The first-order valence-corrected chi connectivity index (χ1v) is 5.42. The number of phenolic OH excluding ortho intramolecular Hbond substituents is 1. The zero-order valence-corrected chi connectivity index (χ0v) is 10.00. The van der Waals surface area contributed by atoms with Gasteiger partial charge >= 0.3 is 12.0 Å². The summed E-state index contributed by atoms with van der Waals surface area (Å²) in [7, 11) is 0. The van der Waals surface area contributed by atoms with E-state index < -0.39 is 12.0 Å². The maximum absolute atomic E-state index is 10.2. The summed E-state index contributed by atoms with van der Waals surface area (Å²) in [5.74, 6) is -0.912. The van der Waals surface area contributed by atoms with E-state index in [0.717, 1.165) is 6.54 Å². The van der Waals surface area contributed by atoms with Crippen molar-refractivity contribution in [3.8, 4) is 5.75 Å². The smallest absolute Gasteiger partial charge is 0.335 e. The van der Waals surface area contributed by atoms with Crippen LogP contribution in [0.1, 0.15) is 10.4 Å². The second-order valence-corrected chi connectivity index (χ2v) is 3.57. The van der Waals surface area contributed by atoms with Crippen LogP contribution < -0.4 is 16.4 Å². The third kappa shape index (κ3) is 5.70. The minimum atomic E-state index is -0.986. The Morgan fingerprint density at radius 2 is 2.00 bits per heavy atom. The molecule has 1 aromatic carbocycles. The lowest BCUT2D eigenvalue weighted by molar-refractivity contribution is 0.0696. The summed E-state index contributed by atoms with van der Waals surface area (Å²) in [6.07, 6.45) is -0.387. The van der Waals surface area contributed by atoms with Gasteiger partial charge in [0, 0.05) is 6.54 Å². The Labute approximate surface area is 109 Å². The van der Waals surface area contributed by atoms with Crippen molar-refractivity contribution < 1.29 is 24.5 Å². The Balaban J connectivity index is 0.000000191. The van der Waals surface area contributed by atoms with Gasteiger partial charge in [0.1, 0.15) is 5.75 Å². The summed E-state index contributed by atoms with van der Waals surface area (Å²) in [5.41, 5.74) is 4.98. The van der Waals surface area contributed by atoms with E-state index in [2.05, 4.69) is 10.6 Å². The fourth-order valence-electron chi connectivity index (χ4n) is 1.25. The molecule has 0 radical (unpaired) electrons. The second kappa shape index (κ2) is 7.19. The molecule has 1 fully saturated rings. The largest absolute Gasteiger partial charge is 0.508 e. The summed E-state index contributed by atoms with van der Waals surface area (Å²) in [6.45, 7) is 1.37. The molecule has 0 saturated carbocycles. The molecule has 1 atom stereocenters. The summed E-state index contributed by atoms with van der Waals surface area (Å²) >= 11 is 0. The maximum atomic E-state index is 10.2. The van der Waals surface area contributed by atoms with E-state index in [1.54, 1.807) is 0 Å². The molecule has 8 nitrogen and oxygen atoms in total. The molecule has 1 aliphatic rings. The van der Waals surface area contributed by atoms with Crippen molar-refractivity contribution in [3.63, 3.8) is 0 Å². The van der Waals surface area contributed by atoms with Crippen LogP contribution in [0.5, 0.6) is 5.75 Å². The van der Waals surface area contributed by atoms with Crippen LogP contribution in [-0.4, -0.2) is 41.7 Å². The molecule has 6 N–H and O–H groups in total. The van der Waals surface area contributed by atoms with Gasteiger partial charge < -0.3 is 20.7 Å². The molecule has 0 aliphatic carbocycles. The maximum Gasteiger partial charge on any atom is 0.335 e. The lowest BCUT2D eigenvalue weighted by Crippen LogP contribution is -2.44.